The highest BCUT2D eigenvalue weighted by Crippen LogP contribution is 2.37. The van der Waals surface area contributed by atoms with Gasteiger partial charge in [0.25, 0.3) is 5.91 Å². The minimum absolute atomic E-state index is 0.0261. The number of hydrogen-bond acceptors (Lipinski definition) is 7. The van der Waals surface area contributed by atoms with Crippen LogP contribution in [0.2, 0.25) is 0 Å². The Morgan fingerprint density at radius 3 is 2.74 bits per heavy atom. The Kier molecular flexibility index (Phi) is 6.20. The van der Waals surface area contributed by atoms with Crippen molar-refractivity contribution in [2.24, 2.45) is 0 Å². The monoisotopic (exact) mass is 540 g/mol. The van der Waals surface area contributed by atoms with Crippen LogP contribution < -0.4 is 10.2 Å². The first-order valence-electron chi connectivity index (χ1n) is 12.3. The van der Waals surface area contributed by atoms with Crippen molar-refractivity contribution < 1.29 is 19.1 Å². The fourth-order valence-corrected chi connectivity index (χ4v) is 5.78. The molecule has 1 atom stereocenters. The van der Waals surface area contributed by atoms with E-state index in [9.17, 15) is 14.4 Å². The summed E-state index contributed by atoms with van der Waals surface area (Å²) in [7, 11) is 3.05. The summed E-state index contributed by atoms with van der Waals surface area (Å²) in [4.78, 5) is 45.3. The van der Waals surface area contributed by atoms with Gasteiger partial charge in [0.2, 0.25) is 11.7 Å². The van der Waals surface area contributed by atoms with E-state index in [1.165, 1.54) is 18.4 Å². The number of aromatic nitrogens is 4. The molecule has 0 radical (unpaired) electrons. The molecule has 2 N–H and O–H groups in total. The smallest absolute Gasteiger partial charge is 0.350 e. The number of anilines is 1. The Balaban J connectivity index is 1.31. The molecule has 0 unspecified atom stereocenters. The van der Waals surface area contributed by atoms with Crippen molar-refractivity contribution in [3.8, 4) is 5.69 Å². The van der Waals surface area contributed by atoms with Crippen LogP contribution in [0.4, 0.5) is 5.69 Å². The maximum atomic E-state index is 13.5. The Morgan fingerprint density at radius 1 is 1.13 bits per heavy atom. The lowest BCUT2D eigenvalue weighted by molar-refractivity contribution is -0.120. The number of amides is 2. The van der Waals surface area contributed by atoms with Gasteiger partial charge in [0, 0.05) is 31.5 Å². The molecule has 0 aliphatic carbocycles. The van der Waals surface area contributed by atoms with E-state index in [4.69, 9.17) is 4.74 Å². The Morgan fingerprint density at radius 2 is 1.95 bits per heavy atom. The van der Waals surface area contributed by atoms with E-state index in [0.29, 0.717) is 22.8 Å². The molecule has 0 fully saturated rings. The number of esters is 1. The quantitative estimate of drug-likeness (QED) is 0.318. The number of nitrogens with one attached hydrogen (secondary N) is 2. The van der Waals surface area contributed by atoms with Gasteiger partial charge in [-0.15, -0.1) is 16.4 Å². The number of nitrogens with zero attached hydrogens (tertiary/aromatic N) is 4. The summed E-state index contributed by atoms with van der Waals surface area (Å²) in [6.45, 7) is 0. The van der Waals surface area contributed by atoms with Crippen molar-refractivity contribution in [3.63, 3.8) is 0 Å². The number of ether oxygens (including phenoxy) is 1. The van der Waals surface area contributed by atoms with E-state index in [2.05, 4.69) is 20.5 Å². The van der Waals surface area contributed by atoms with Crippen molar-refractivity contribution in [1.29, 1.82) is 0 Å². The molecular weight excluding hydrogens is 516 g/mol. The normalized spacial score (nSPS) is 14.9. The second kappa shape index (κ2) is 9.84. The molecule has 11 heteroatoms. The molecular formula is C28H24N6O4S. The number of H-pyrrole nitrogens is 1. The Bertz CT molecular complexity index is 1720. The Hall–Kier alpha value is -4.77. The Labute approximate surface area is 227 Å². The van der Waals surface area contributed by atoms with Crippen LogP contribution in [0.5, 0.6) is 0 Å². The van der Waals surface area contributed by atoms with Gasteiger partial charge in [0.15, 0.2) is 0 Å². The molecule has 1 aliphatic heterocycles. The predicted molar refractivity (Wildman–Crippen MR) is 146 cm³/mol. The maximum Gasteiger partial charge on any atom is 0.350 e. The summed E-state index contributed by atoms with van der Waals surface area (Å²) in [6, 6.07) is 16.5. The molecule has 5 aromatic rings. The molecule has 3 aromatic heterocycles. The topological polar surface area (TPSA) is 122 Å². The highest BCUT2D eigenvalue weighted by atomic mass is 32.1. The van der Waals surface area contributed by atoms with Gasteiger partial charge in [0.05, 0.1) is 24.0 Å². The summed E-state index contributed by atoms with van der Waals surface area (Å²) in [5, 5.41) is 12.5. The predicted octanol–water partition coefficient (Wildman–Crippen LogP) is 3.51. The van der Waals surface area contributed by atoms with Gasteiger partial charge < -0.3 is 19.5 Å². The third kappa shape index (κ3) is 4.36. The zero-order valence-corrected chi connectivity index (χ0v) is 22.0. The van der Waals surface area contributed by atoms with Crippen molar-refractivity contribution in [2.75, 3.05) is 19.1 Å². The van der Waals surface area contributed by atoms with E-state index in [0.717, 1.165) is 27.7 Å². The summed E-state index contributed by atoms with van der Waals surface area (Å²) in [6.07, 6.45) is 2.68. The number of rotatable bonds is 6. The second-order valence-corrected chi connectivity index (χ2v) is 10.1. The number of carbonyl (C=O) groups excluding carboxylic acids is 3. The summed E-state index contributed by atoms with van der Waals surface area (Å²) in [5.74, 6) is -0.669. The standard InChI is InChI=1S/C28H24N6O4S/c1-33-19-9-6-10-20-23(19)17(15-34(20)21-11-12-39-24(21)28(37)38-2)14-18(27(33)36)29-26(35)25-30-22(31-32-25)13-16-7-4-3-5-8-16/h3-12,15,18H,13-14H2,1-2H3,(H,29,35)(H,30,31,32)/t18-/m0/s1. The van der Waals surface area contributed by atoms with E-state index < -0.39 is 17.9 Å². The number of likely N-dealkylation sites (N-methyl/N-ethyl adjacent to an activating group) is 1. The third-order valence-corrected chi connectivity index (χ3v) is 7.71. The zero-order chi connectivity index (χ0) is 27.1. The van der Waals surface area contributed by atoms with E-state index >= 15 is 0 Å². The molecule has 196 valence electrons. The van der Waals surface area contributed by atoms with Crippen molar-refractivity contribution in [2.45, 2.75) is 18.9 Å². The number of aromatic amines is 1. The van der Waals surface area contributed by atoms with E-state index in [-0.39, 0.29) is 18.2 Å². The van der Waals surface area contributed by atoms with Gasteiger partial charge in [-0.1, -0.05) is 36.4 Å². The van der Waals surface area contributed by atoms with Gasteiger partial charge in [-0.2, -0.15) is 0 Å². The van der Waals surface area contributed by atoms with Crippen LogP contribution in [0.15, 0.2) is 66.2 Å². The van der Waals surface area contributed by atoms with Gasteiger partial charge in [-0.25, -0.2) is 9.78 Å². The third-order valence-electron chi connectivity index (χ3n) is 6.83. The van der Waals surface area contributed by atoms with Crippen LogP contribution in [0.3, 0.4) is 0 Å². The molecule has 0 saturated carbocycles. The number of methoxy groups -OCH3 is 1. The molecule has 6 rings (SSSR count). The first kappa shape index (κ1) is 24.6. The lowest BCUT2D eigenvalue weighted by Gasteiger charge is -2.22. The van der Waals surface area contributed by atoms with Crippen LogP contribution in [0.1, 0.15) is 37.2 Å². The maximum absolute atomic E-state index is 13.5. The molecule has 4 heterocycles. The highest BCUT2D eigenvalue weighted by Gasteiger charge is 2.33. The lowest BCUT2D eigenvalue weighted by atomic mass is 10.1. The average Bonchev–Trinajstić information content (AvgIpc) is 3.69. The fourth-order valence-electron chi connectivity index (χ4n) is 4.98. The lowest BCUT2D eigenvalue weighted by Crippen LogP contribution is -2.48. The minimum Gasteiger partial charge on any atom is -0.465 e. The van der Waals surface area contributed by atoms with Crippen molar-refractivity contribution >= 4 is 45.7 Å². The molecule has 2 amide bonds. The summed E-state index contributed by atoms with van der Waals surface area (Å²) in [5.41, 5.74) is 4.17. The van der Waals surface area contributed by atoms with E-state index in [1.807, 2.05) is 70.7 Å². The molecule has 0 saturated heterocycles. The fraction of sp³-hybridized carbons (Fsp3) is 0.179. The molecule has 1 aliphatic rings. The number of carbonyl (C=O) groups is 3. The summed E-state index contributed by atoms with van der Waals surface area (Å²) < 4.78 is 6.91. The second-order valence-electron chi connectivity index (χ2n) is 9.22. The molecule has 10 nitrogen and oxygen atoms in total. The van der Waals surface area contributed by atoms with Crippen LogP contribution in [0, 0.1) is 0 Å². The minimum atomic E-state index is -0.840. The average molecular weight is 541 g/mol. The molecule has 2 aromatic carbocycles. The van der Waals surface area contributed by atoms with Gasteiger partial charge in [-0.05, 0) is 34.7 Å². The van der Waals surface area contributed by atoms with Crippen molar-refractivity contribution in [1.82, 2.24) is 25.1 Å². The van der Waals surface area contributed by atoms with Gasteiger partial charge in [0.1, 0.15) is 16.7 Å². The van der Waals surface area contributed by atoms with Crippen LogP contribution in [-0.4, -0.2) is 57.7 Å². The van der Waals surface area contributed by atoms with E-state index in [1.54, 1.807) is 11.9 Å². The molecule has 0 bridgehead atoms. The number of hydrogen-bond donors (Lipinski definition) is 2. The van der Waals surface area contributed by atoms with Crippen LogP contribution in [-0.2, 0) is 22.4 Å². The van der Waals surface area contributed by atoms with Crippen LogP contribution in [0.25, 0.3) is 16.6 Å². The number of benzene rings is 2. The van der Waals surface area contributed by atoms with Gasteiger partial charge in [-0.3, -0.25) is 14.7 Å². The highest BCUT2D eigenvalue weighted by molar-refractivity contribution is 7.12. The first-order chi connectivity index (χ1) is 18.9. The number of thiophene rings is 1. The zero-order valence-electron chi connectivity index (χ0n) is 21.2. The first-order valence-corrected chi connectivity index (χ1v) is 13.2. The molecule has 39 heavy (non-hydrogen) atoms. The SMILES string of the molecule is COC(=O)c1sccc1-n1cc2c3c(cccc31)N(C)C(=O)[C@@H](NC(=O)c1n[nH]c(Cc3ccccc3)n1)C2. The van der Waals surface area contributed by atoms with Gasteiger partial charge >= 0.3 is 5.97 Å². The largest absolute Gasteiger partial charge is 0.465 e. The summed E-state index contributed by atoms with van der Waals surface area (Å²) >= 11 is 1.30. The van der Waals surface area contributed by atoms with Crippen LogP contribution >= 0.6 is 11.3 Å². The van der Waals surface area contributed by atoms with Crippen molar-refractivity contribution in [3.05, 3.63) is 93.8 Å². The molecule has 0 spiro atoms.